The van der Waals surface area contributed by atoms with Crippen LogP contribution in [-0.4, -0.2) is 47.2 Å². The van der Waals surface area contributed by atoms with E-state index in [4.69, 9.17) is 4.74 Å². The lowest BCUT2D eigenvalue weighted by Crippen LogP contribution is -2.54. The molecule has 116 valence electrons. The van der Waals surface area contributed by atoms with Crippen molar-refractivity contribution < 1.29 is 18.3 Å². The summed E-state index contributed by atoms with van der Waals surface area (Å²) in [5, 5.41) is -0.249. The van der Waals surface area contributed by atoms with Gasteiger partial charge in [-0.2, -0.15) is 0 Å². The van der Waals surface area contributed by atoms with E-state index in [0.717, 1.165) is 5.56 Å². The lowest BCUT2D eigenvalue weighted by Gasteiger charge is -2.28. The van der Waals surface area contributed by atoms with Gasteiger partial charge in [0.2, 0.25) is 0 Å². The second-order valence-corrected chi connectivity index (χ2v) is 5.81. The Kier molecular flexibility index (Phi) is 4.99. The molecule has 0 aromatic heterocycles. The number of rotatable bonds is 5. The first-order valence-electron chi connectivity index (χ1n) is 6.82. The Balaban J connectivity index is 2.17. The molecule has 0 amide bonds. The molecule has 0 radical (unpaired) electrons. The molecule has 1 aromatic rings. The average Bonchev–Trinajstić information content (AvgIpc) is 2.73. The van der Waals surface area contributed by atoms with Gasteiger partial charge in [-0.05, 0) is 12.5 Å². The fourth-order valence-corrected chi connectivity index (χ4v) is 3.20. The molecular weight excluding hydrogens is 344 g/mol. The number of esters is 1. The topological polar surface area (TPSA) is 29.5 Å². The third kappa shape index (κ3) is 3.11. The molecular formula is C15H18BrF2NO2. The first-order chi connectivity index (χ1) is 9.95. The number of likely N-dealkylation sites (tertiary alicyclic amines) is 1. The van der Waals surface area contributed by atoms with E-state index in [1.54, 1.807) is 11.8 Å². The predicted octanol–water partition coefficient (Wildman–Crippen LogP) is 2.88. The van der Waals surface area contributed by atoms with E-state index in [2.05, 4.69) is 15.9 Å². The molecule has 1 aliphatic heterocycles. The van der Waals surface area contributed by atoms with Crippen LogP contribution in [-0.2, 0) is 16.1 Å². The summed E-state index contributed by atoms with van der Waals surface area (Å²) in [4.78, 5) is 13.5. The third-order valence-electron chi connectivity index (χ3n) is 3.69. The summed E-state index contributed by atoms with van der Waals surface area (Å²) in [6, 6.07) is 9.38. The van der Waals surface area contributed by atoms with Crippen LogP contribution in [0.25, 0.3) is 0 Å². The molecule has 0 N–H and O–H groups in total. The molecule has 0 bridgehead atoms. The van der Waals surface area contributed by atoms with Gasteiger partial charge in [-0.15, -0.1) is 0 Å². The standard InChI is InChI=1S/C15H18BrF2NO2/c1-2-21-13(20)15(18)11-19(10-14(15,17)9-16)8-12-6-4-3-5-7-12/h3-7H,2,8-11H2,1H3/t14-,15+/m1/s1. The number of nitrogens with zero attached hydrogens (tertiary/aromatic N) is 1. The highest BCUT2D eigenvalue weighted by Gasteiger charge is 2.65. The molecule has 2 rings (SSSR count). The summed E-state index contributed by atoms with van der Waals surface area (Å²) in [6.07, 6.45) is 0. The molecule has 1 aliphatic rings. The molecule has 1 heterocycles. The van der Waals surface area contributed by atoms with Crippen LogP contribution >= 0.6 is 15.9 Å². The summed E-state index contributed by atoms with van der Waals surface area (Å²) in [7, 11) is 0. The maximum atomic E-state index is 15.0. The normalized spacial score (nSPS) is 29.5. The van der Waals surface area contributed by atoms with Crippen LogP contribution in [0.1, 0.15) is 12.5 Å². The Morgan fingerprint density at radius 2 is 2.00 bits per heavy atom. The van der Waals surface area contributed by atoms with Gasteiger partial charge < -0.3 is 4.74 Å². The highest BCUT2D eigenvalue weighted by molar-refractivity contribution is 9.09. The van der Waals surface area contributed by atoms with Gasteiger partial charge in [0.1, 0.15) is 0 Å². The van der Waals surface area contributed by atoms with Crippen LogP contribution in [0.3, 0.4) is 0 Å². The molecule has 0 saturated carbocycles. The van der Waals surface area contributed by atoms with Crippen molar-refractivity contribution >= 4 is 21.9 Å². The first kappa shape index (κ1) is 16.4. The quantitative estimate of drug-likeness (QED) is 0.596. The number of carbonyl (C=O) groups excluding carboxylic acids is 1. The van der Waals surface area contributed by atoms with E-state index in [9.17, 15) is 13.6 Å². The van der Waals surface area contributed by atoms with Crippen LogP contribution in [0.15, 0.2) is 30.3 Å². The van der Waals surface area contributed by atoms with Gasteiger partial charge in [0.15, 0.2) is 5.67 Å². The zero-order valence-corrected chi connectivity index (χ0v) is 13.4. The fraction of sp³-hybridized carbons (Fsp3) is 0.533. The molecule has 3 nitrogen and oxygen atoms in total. The molecule has 1 aromatic carbocycles. The summed E-state index contributed by atoms with van der Waals surface area (Å²) in [6.45, 7) is 1.55. The lowest BCUT2D eigenvalue weighted by atomic mass is 9.91. The molecule has 0 unspecified atom stereocenters. The SMILES string of the molecule is CCOC(=O)[C@@]1(F)CN(Cc2ccccc2)C[C@]1(F)CBr. The summed E-state index contributed by atoms with van der Waals surface area (Å²) in [5.41, 5.74) is -3.97. The highest BCUT2D eigenvalue weighted by Crippen LogP contribution is 2.41. The van der Waals surface area contributed by atoms with Gasteiger partial charge in [0.05, 0.1) is 6.61 Å². The van der Waals surface area contributed by atoms with Crippen molar-refractivity contribution in [1.29, 1.82) is 0 Å². The summed E-state index contributed by atoms with van der Waals surface area (Å²) in [5.74, 6) is -1.12. The van der Waals surface area contributed by atoms with Gasteiger partial charge >= 0.3 is 5.97 Å². The predicted molar refractivity (Wildman–Crippen MR) is 79.8 cm³/mol. The van der Waals surface area contributed by atoms with Crippen LogP contribution in [0.5, 0.6) is 0 Å². The monoisotopic (exact) mass is 361 g/mol. The van der Waals surface area contributed by atoms with E-state index in [-0.39, 0.29) is 25.0 Å². The van der Waals surface area contributed by atoms with Crippen molar-refractivity contribution in [2.45, 2.75) is 24.8 Å². The molecule has 0 aliphatic carbocycles. The smallest absolute Gasteiger partial charge is 0.348 e. The largest absolute Gasteiger partial charge is 0.463 e. The Labute approximate surface area is 131 Å². The van der Waals surface area contributed by atoms with Crippen molar-refractivity contribution in [2.24, 2.45) is 0 Å². The Hall–Kier alpha value is -1.01. The molecule has 1 saturated heterocycles. The summed E-state index contributed by atoms with van der Waals surface area (Å²) < 4.78 is 34.5. The Morgan fingerprint density at radius 1 is 1.33 bits per heavy atom. The highest BCUT2D eigenvalue weighted by atomic mass is 79.9. The van der Waals surface area contributed by atoms with Gasteiger partial charge in [-0.25, -0.2) is 13.6 Å². The van der Waals surface area contributed by atoms with Crippen LogP contribution in [0.2, 0.25) is 0 Å². The third-order valence-corrected chi connectivity index (χ3v) is 4.57. The van der Waals surface area contributed by atoms with Crippen molar-refractivity contribution in [3.8, 4) is 0 Å². The number of carbonyl (C=O) groups is 1. The van der Waals surface area contributed by atoms with E-state index in [0.29, 0.717) is 6.54 Å². The molecule has 1 fully saturated rings. The van der Waals surface area contributed by atoms with Crippen molar-refractivity contribution in [1.82, 2.24) is 4.90 Å². The van der Waals surface area contributed by atoms with Gasteiger partial charge in [0, 0.05) is 25.0 Å². The second kappa shape index (κ2) is 6.40. The van der Waals surface area contributed by atoms with Crippen molar-refractivity contribution in [2.75, 3.05) is 25.0 Å². The van der Waals surface area contributed by atoms with Crippen molar-refractivity contribution in [3.05, 3.63) is 35.9 Å². The number of benzene rings is 1. The number of alkyl halides is 3. The zero-order valence-electron chi connectivity index (χ0n) is 11.8. The zero-order chi connectivity index (χ0) is 15.5. The van der Waals surface area contributed by atoms with Gasteiger partial charge in [-0.1, -0.05) is 46.3 Å². The average molecular weight is 362 g/mol. The minimum absolute atomic E-state index is 0.0293. The van der Waals surface area contributed by atoms with Gasteiger partial charge in [0.25, 0.3) is 5.67 Å². The van der Waals surface area contributed by atoms with Crippen molar-refractivity contribution in [3.63, 3.8) is 0 Å². The number of hydrogen-bond donors (Lipinski definition) is 0. The molecule has 2 atom stereocenters. The molecule has 6 heteroatoms. The maximum absolute atomic E-state index is 15.0. The molecule has 0 spiro atoms. The Bertz CT molecular complexity index is 502. The lowest BCUT2D eigenvalue weighted by molar-refractivity contribution is -0.164. The van der Waals surface area contributed by atoms with Crippen LogP contribution in [0, 0.1) is 0 Å². The molecule has 21 heavy (non-hydrogen) atoms. The van der Waals surface area contributed by atoms with Crippen LogP contribution in [0.4, 0.5) is 8.78 Å². The first-order valence-corrected chi connectivity index (χ1v) is 7.94. The maximum Gasteiger partial charge on any atom is 0.348 e. The van der Waals surface area contributed by atoms with E-state index in [1.807, 2.05) is 30.3 Å². The Morgan fingerprint density at radius 3 is 2.57 bits per heavy atom. The number of hydrogen-bond acceptors (Lipinski definition) is 3. The minimum Gasteiger partial charge on any atom is -0.463 e. The van der Waals surface area contributed by atoms with Crippen LogP contribution < -0.4 is 0 Å². The van der Waals surface area contributed by atoms with E-state index >= 15 is 0 Å². The number of ether oxygens (including phenoxy) is 1. The van der Waals surface area contributed by atoms with Gasteiger partial charge in [-0.3, -0.25) is 4.90 Å². The fourth-order valence-electron chi connectivity index (χ4n) is 2.58. The minimum atomic E-state index is -2.64. The summed E-state index contributed by atoms with van der Waals surface area (Å²) >= 11 is 2.99. The van der Waals surface area contributed by atoms with E-state index in [1.165, 1.54) is 0 Å². The van der Waals surface area contributed by atoms with E-state index < -0.39 is 17.3 Å². The second-order valence-electron chi connectivity index (χ2n) is 5.25. The number of halogens is 3.